The number of rotatable bonds is 5. The number of thioether (sulfide) groups is 1. The van der Waals surface area contributed by atoms with Crippen LogP contribution >= 0.6 is 27.7 Å². The van der Waals surface area contributed by atoms with Crippen molar-refractivity contribution in [3.05, 3.63) is 59.1 Å². The molecule has 1 atom stereocenters. The Morgan fingerprint density at radius 2 is 2.17 bits per heavy atom. The van der Waals surface area contributed by atoms with Crippen LogP contribution in [0.5, 0.6) is 17.4 Å². The van der Waals surface area contributed by atoms with Crippen molar-refractivity contribution in [1.29, 1.82) is 0 Å². The molecule has 0 aliphatic carbocycles. The Hall–Kier alpha value is -2.78. The summed E-state index contributed by atoms with van der Waals surface area (Å²) in [7, 11) is 1.50. The second kappa shape index (κ2) is 8.30. The van der Waals surface area contributed by atoms with Gasteiger partial charge in [-0.25, -0.2) is 0 Å². The van der Waals surface area contributed by atoms with E-state index in [2.05, 4.69) is 43.0 Å². The van der Waals surface area contributed by atoms with Crippen molar-refractivity contribution in [3.8, 4) is 28.6 Å². The maximum Gasteiger partial charge on any atom is 0.247 e. The number of hydrogen-bond donors (Lipinski definition) is 2. The summed E-state index contributed by atoms with van der Waals surface area (Å²) in [6, 6.07) is 10.9. The van der Waals surface area contributed by atoms with Crippen molar-refractivity contribution < 1.29 is 14.6 Å². The molecule has 4 rings (SSSR count). The molecular weight excluding hydrogens is 456 g/mol. The van der Waals surface area contributed by atoms with E-state index in [0.29, 0.717) is 28.2 Å². The zero-order valence-electron chi connectivity index (χ0n) is 15.4. The topological polar surface area (TPSA) is 89.4 Å². The van der Waals surface area contributed by atoms with E-state index >= 15 is 0 Å². The number of nitrogens with zero attached hydrogens (tertiary/aromatic N) is 3. The molecule has 9 heteroatoms. The lowest BCUT2D eigenvalue weighted by molar-refractivity contribution is 0.224. The fourth-order valence-corrected chi connectivity index (χ4v) is 3.75. The number of benzene rings is 2. The molecule has 0 fully saturated rings. The molecule has 7 nitrogen and oxygen atoms in total. The molecule has 1 aliphatic rings. The van der Waals surface area contributed by atoms with Crippen LogP contribution < -0.4 is 14.8 Å². The molecule has 0 unspecified atom stereocenters. The summed E-state index contributed by atoms with van der Waals surface area (Å²) in [5, 5.41) is 22.4. The van der Waals surface area contributed by atoms with E-state index in [1.54, 1.807) is 24.3 Å². The van der Waals surface area contributed by atoms with Crippen molar-refractivity contribution in [2.75, 3.05) is 18.2 Å². The second-order valence-corrected chi connectivity index (χ2v) is 8.01. The predicted octanol–water partition coefficient (Wildman–Crippen LogP) is 4.80. The summed E-state index contributed by atoms with van der Waals surface area (Å²) < 4.78 is 12.3. The minimum Gasteiger partial charge on any atom is -0.504 e. The van der Waals surface area contributed by atoms with Gasteiger partial charge in [0.25, 0.3) is 0 Å². The first kappa shape index (κ1) is 19.5. The number of phenolic OH excluding ortho intramolecular Hbond substituents is 1. The number of aromatic nitrogens is 3. The van der Waals surface area contributed by atoms with Crippen LogP contribution in [0.3, 0.4) is 0 Å². The first-order chi connectivity index (χ1) is 14.1. The lowest BCUT2D eigenvalue weighted by Crippen LogP contribution is -2.17. The Morgan fingerprint density at radius 3 is 2.97 bits per heavy atom. The van der Waals surface area contributed by atoms with Gasteiger partial charge >= 0.3 is 0 Å². The highest BCUT2D eigenvalue weighted by Crippen LogP contribution is 2.41. The molecule has 3 aromatic rings. The monoisotopic (exact) mass is 472 g/mol. The number of hydrogen-bond acceptors (Lipinski definition) is 8. The first-order valence-electron chi connectivity index (χ1n) is 8.67. The minimum absolute atomic E-state index is 0.0571. The Bertz CT molecular complexity index is 1080. The summed E-state index contributed by atoms with van der Waals surface area (Å²) in [6.07, 6.45) is 1.21. The highest BCUT2D eigenvalue weighted by Gasteiger charge is 2.27. The van der Waals surface area contributed by atoms with Gasteiger partial charge in [-0.1, -0.05) is 33.8 Å². The van der Waals surface area contributed by atoms with E-state index in [0.717, 1.165) is 21.3 Å². The zero-order valence-corrected chi connectivity index (χ0v) is 17.8. The van der Waals surface area contributed by atoms with Gasteiger partial charge in [-0.15, -0.1) is 16.8 Å². The van der Waals surface area contributed by atoms with Crippen LogP contribution in [0, 0.1) is 0 Å². The molecule has 2 N–H and O–H groups in total. The molecule has 2 heterocycles. The van der Waals surface area contributed by atoms with Gasteiger partial charge < -0.3 is 19.9 Å². The number of anilines is 1. The normalized spacial score (nSPS) is 14.6. The van der Waals surface area contributed by atoms with Crippen molar-refractivity contribution in [1.82, 2.24) is 15.2 Å². The van der Waals surface area contributed by atoms with Crippen LogP contribution in [-0.2, 0) is 0 Å². The van der Waals surface area contributed by atoms with Crippen molar-refractivity contribution in [2.45, 2.75) is 11.4 Å². The Kier molecular flexibility index (Phi) is 5.59. The fourth-order valence-electron chi connectivity index (χ4n) is 2.87. The van der Waals surface area contributed by atoms with E-state index in [1.807, 2.05) is 18.2 Å². The lowest BCUT2D eigenvalue weighted by Gasteiger charge is -2.20. The van der Waals surface area contributed by atoms with Gasteiger partial charge in [0.1, 0.15) is 0 Å². The van der Waals surface area contributed by atoms with Crippen LogP contribution in [0.2, 0.25) is 0 Å². The van der Waals surface area contributed by atoms with E-state index < -0.39 is 6.23 Å². The van der Waals surface area contributed by atoms with Gasteiger partial charge in [0.2, 0.25) is 11.0 Å². The van der Waals surface area contributed by atoms with Crippen LogP contribution in [0.25, 0.3) is 11.3 Å². The van der Waals surface area contributed by atoms with Gasteiger partial charge in [-0.2, -0.15) is 4.98 Å². The number of nitrogens with one attached hydrogen (secondary N) is 1. The molecule has 0 amide bonds. The maximum absolute atomic E-state index is 9.92. The van der Waals surface area contributed by atoms with Gasteiger partial charge in [0.15, 0.2) is 23.4 Å². The fraction of sp³-hybridized carbons (Fsp3) is 0.150. The SMILES string of the molecule is C=CCSc1nnc2c(n1)O[C@H](c1ccc(O)c(OC)c1)Nc1ccc(Br)cc1-2. The number of phenols is 1. The zero-order chi connectivity index (χ0) is 20.4. The highest BCUT2D eigenvalue weighted by molar-refractivity contribution is 9.10. The average Bonchev–Trinajstić information content (AvgIpc) is 2.88. The molecule has 1 aliphatic heterocycles. The molecule has 2 aromatic carbocycles. The highest BCUT2D eigenvalue weighted by atomic mass is 79.9. The maximum atomic E-state index is 9.92. The number of fused-ring (bicyclic) bond motifs is 3. The van der Waals surface area contributed by atoms with E-state index in [9.17, 15) is 5.11 Å². The number of halogens is 1. The van der Waals surface area contributed by atoms with E-state index in [-0.39, 0.29) is 5.75 Å². The minimum atomic E-state index is -0.570. The van der Waals surface area contributed by atoms with Gasteiger partial charge in [-0.3, -0.25) is 0 Å². The molecular formula is C20H17BrN4O3S. The molecule has 1 aromatic heterocycles. The Balaban J connectivity index is 1.82. The number of aromatic hydroxyl groups is 1. The predicted molar refractivity (Wildman–Crippen MR) is 116 cm³/mol. The van der Waals surface area contributed by atoms with Crippen molar-refractivity contribution >= 4 is 33.4 Å². The molecule has 0 spiro atoms. The summed E-state index contributed by atoms with van der Waals surface area (Å²) in [5.74, 6) is 1.45. The van der Waals surface area contributed by atoms with Crippen LogP contribution in [-0.4, -0.2) is 33.2 Å². The van der Waals surface area contributed by atoms with E-state index in [1.165, 1.54) is 18.9 Å². The third-order valence-corrected chi connectivity index (χ3v) is 5.55. The van der Waals surface area contributed by atoms with Crippen molar-refractivity contribution in [2.24, 2.45) is 0 Å². The quantitative estimate of drug-likeness (QED) is 0.404. The number of ether oxygens (including phenoxy) is 2. The Labute approximate surface area is 180 Å². The molecule has 0 saturated carbocycles. The van der Waals surface area contributed by atoms with Crippen molar-refractivity contribution in [3.63, 3.8) is 0 Å². The second-order valence-electron chi connectivity index (χ2n) is 6.11. The summed E-state index contributed by atoms with van der Waals surface area (Å²) in [4.78, 5) is 4.56. The van der Waals surface area contributed by atoms with Gasteiger partial charge in [0, 0.05) is 27.0 Å². The molecule has 0 saturated heterocycles. The lowest BCUT2D eigenvalue weighted by atomic mass is 10.1. The Morgan fingerprint density at radius 1 is 1.31 bits per heavy atom. The van der Waals surface area contributed by atoms with Gasteiger partial charge in [-0.05, 0) is 36.4 Å². The molecule has 0 bridgehead atoms. The van der Waals surface area contributed by atoms with Crippen LogP contribution in [0.4, 0.5) is 5.69 Å². The first-order valence-corrected chi connectivity index (χ1v) is 10.5. The van der Waals surface area contributed by atoms with Gasteiger partial charge in [0.05, 0.1) is 7.11 Å². The van der Waals surface area contributed by atoms with Crippen LogP contribution in [0.1, 0.15) is 11.8 Å². The molecule has 148 valence electrons. The number of methoxy groups -OCH3 is 1. The van der Waals surface area contributed by atoms with Crippen LogP contribution in [0.15, 0.2) is 58.7 Å². The molecule has 29 heavy (non-hydrogen) atoms. The molecule has 0 radical (unpaired) electrons. The summed E-state index contributed by atoms with van der Waals surface area (Å²) >= 11 is 4.93. The average molecular weight is 473 g/mol. The summed E-state index contributed by atoms with van der Waals surface area (Å²) in [5.41, 5.74) is 2.96. The third-order valence-electron chi connectivity index (χ3n) is 4.22. The standard InChI is InChI=1S/C20H17BrN4O3S/c1-3-8-29-20-23-19-17(24-25-20)13-10-12(21)5-6-14(13)22-18(28-19)11-4-7-15(26)16(9-11)27-2/h3-7,9-10,18,22,26H,1,8H2,2H3/t18-/m1/s1. The largest absolute Gasteiger partial charge is 0.504 e. The summed E-state index contributed by atoms with van der Waals surface area (Å²) in [6.45, 7) is 3.72. The smallest absolute Gasteiger partial charge is 0.247 e. The third kappa shape index (κ3) is 4.01. The van der Waals surface area contributed by atoms with E-state index in [4.69, 9.17) is 9.47 Å².